The van der Waals surface area contributed by atoms with Crippen LogP contribution in [0.3, 0.4) is 0 Å². The molecule has 0 spiro atoms. The maximum Gasteiger partial charge on any atom is 0.246 e. The number of H-pyrrole nitrogens is 1. The number of aromatic nitrogens is 1. The summed E-state index contributed by atoms with van der Waals surface area (Å²) in [7, 11) is 0. The fourth-order valence-corrected chi connectivity index (χ4v) is 6.24. The molecule has 2 atom stereocenters. The molecule has 0 bridgehead atoms. The minimum Gasteiger partial charge on any atom is -0.494 e. The summed E-state index contributed by atoms with van der Waals surface area (Å²) in [4.78, 5) is 34.9. The molecule has 3 aromatic rings. The number of carbonyl (C=O) groups excluding carboxylic acids is 2. The molecule has 1 aromatic heterocycles. The van der Waals surface area contributed by atoms with Crippen molar-refractivity contribution in [3.63, 3.8) is 0 Å². The summed E-state index contributed by atoms with van der Waals surface area (Å²) in [5.41, 5.74) is 5.48. The highest BCUT2D eigenvalue weighted by molar-refractivity contribution is 5.97. The smallest absolute Gasteiger partial charge is 0.246 e. The molecule has 3 aliphatic rings. The summed E-state index contributed by atoms with van der Waals surface area (Å²) < 4.78 is 5.99. The topological polar surface area (TPSA) is 65.6 Å². The van der Waals surface area contributed by atoms with Crippen LogP contribution in [0.1, 0.15) is 61.9 Å². The Morgan fingerprint density at radius 1 is 1.06 bits per heavy atom. The molecule has 0 saturated carbocycles. The van der Waals surface area contributed by atoms with Crippen LogP contribution in [0.2, 0.25) is 0 Å². The first-order valence-corrected chi connectivity index (χ1v) is 13.2. The minimum atomic E-state index is -0.516. The molecular formula is C30H33N3O3. The molecule has 0 radical (unpaired) electrons. The van der Waals surface area contributed by atoms with Crippen molar-refractivity contribution in [3.8, 4) is 5.75 Å². The second-order valence-electron chi connectivity index (χ2n) is 10.1. The first-order chi connectivity index (χ1) is 17.7. The summed E-state index contributed by atoms with van der Waals surface area (Å²) in [5.74, 6) is 0.806. The van der Waals surface area contributed by atoms with Crippen LogP contribution in [0, 0.1) is 0 Å². The van der Waals surface area contributed by atoms with E-state index in [0.717, 1.165) is 52.7 Å². The first kappa shape index (κ1) is 22.9. The van der Waals surface area contributed by atoms with Gasteiger partial charge in [-0.2, -0.15) is 0 Å². The van der Waals surface area contributed by atoms with Crippen LogP contribution in [-0.4, -0.2) is 52.3 Å². The number of benzene rings is 2. The van der Waals surface area contributed by atoms with E-state index in [2.05, 4.69) is 23.2 Å². The Balaban J connectivity index is 1.41. The molecule has 186 valence electrons. The average molecular weight is 484 g/mol. The number of hydrogen-bond donors (Lipinski definition) is 1. The van der Waals surface area contributed by atoms with Gasteiger partial charge in [-0.05, 0) is 56.7 Å². The average Bonchev–Trinajstić information content (AvgIpc) is 3.28. The standard InChI is InChI=1S/C30H33N3O3/c1-2-36-26-15-9-7-13-22(26)29-28-23(21-12-6-8-14-24(21)31-28)18-25-30(35)32(19-27(34)33(25)29)17-16-20-10-4-3-5-11-20/h6-10,12-15,25,29,31H,2-5,11,16-19H2,1H3/t25-,29+/m0/s1. The van der Waals surface area contributed by atoms with E-state index in [4.69, 9.17) is 4.74 Å². The number of piperazine rings is 1. The van der Waals surface area contributed by atoms with Gasteiger partial charge in [0.05, 0.1) is 13.2 Å². The molecule has 0 unspecified atom stereocenters. The van der Waals surface area contributed by atoms with E-state index in [9.17, 15) is 9.59 Å². The van der Waals surface area contributed by atoms with Crippen LogP contribution in [0.5, 0.6) is 5.75 Å². The lowest BCUT2D eigenvalue weighted by Crippen LogP contribution is -2.63. The largest absolute Gasteiger partial charge is 0.494 e. The van der Waals surface area contributed by atoms with E-state index in [0.29, 0.717) is 19.6 Å². The van der Waals surface area contributed by atoms with Crippen LogP contribution in [-0.2, 0) is 16.0 Å². The van der Waals surface area contributed by atoms with Gasteiger partial charge in [0, 0.05) is 35.1 Å². The number of rotatable bonds is 6. The van der Waals surface area contributed by atoms with E-state index in [1.807, 2.05) is 48.2 Å². The summed E-state index contributed by atoms with van der Waals surface area (Å²) >= 11 is 0. The molecule has 36 heavy (non-hydrogen) atoms. The van der Waals surface area contributed by atoms with Gasteiger partial charge in [-0.1, -0.05) is 48.0 Å². The molecule has 6 heteroatoms. The number of nitrogens with one attached hydrogen (secondary N) is 1. The Hall–Kier alpha value is -3.54. The van der Waals surface area contributed by atoms with E-state index in [-0.39, 0.29) is 18.4 Å². The summed E-state index contributed by atoms with van der Waals surface area (Å²) in [6.07, 6.45) is 8.42. The van der Waals surface area contributed by atoms with Gasteiger partial charge >= 0.3 is 0 Å². The molecule has 1 N–H and O–H groups in total. The fraction of sp³-hybridized carbons (Fsp3) is 0.400. The minimum absolute atomic E-state index is 0.00201. The normalized spacial score (nSPS) is 21.9. The molecule has 1 fully saturated rings. The maximum absolute atomic E-state index is 13.9. The van der Waals surface area contributed by atoms with E-state index in [1.54, 1.807) is 4.90 Å². The van der Waals surface area contributed by atoms with Crippen molar-refractivity contribution in [2.24, 2.45) is 0 Å². The Bertz CT molecular complexity index is 1340. The van der Waals surface area contributed by atoms with Crippen LogP contribution < -0.4 is 4.74 Å². The molecule has 2 aliphatic heterocycles. The number of carbonyl (C=O) groups is 2. The number of amides is 2. The lowest BCUT2D eigenvalue weighted by Gasteiger charge is -2.47. The van der Waals surface area contributed by atoms with Gasteiger partial charge < -0.3 is 19.5 Å². The van der Waals surface area contributed by atoms with Crippen LogP contribution in [0.15, 0.2) is 60.2 Å². The van der Waals surface area contributed by atoms with Crippen LogP contribution in [0.4, 0.5) is 0 Å². The van der Waals surface area contributed by atoms with Crippen molar-refractivity contribution >= 4 is 22.7 Å². The van der Waals surface area contributed by atoms with Crippen molar-refractivity contribution in [2.75, 3.05) is 19.7 Å². The monoisotopic (exact) mass is 483 g/mol. The fourth-order valence-electron chi connectivity index (χ4n) is 6.24. The van der Waals surface area contributed by atoms with Crippen molar-refractivity contribution in [1.82, 2.24) is 14.8 Å². The van der Waals surface area contributed by atoms with Gasteiger partial charge in [-0.15, -0.1) is 0 Å². The SMILES string of the molecule is CCOc1ccccc1[C@@H]1c2[nH]c3ccccc3c2C[C@H]2C(=O)N(CCC3=CCCCC3)CC(=O)N12. The molecule has 1 aliphatic carbocycles. The van der Waals surface area contributed by atoms with E-state index < -0.39 is 12.1 Å². The van der Waals surface area contributed by atoms with Gasteiger partial charge in [0.25, 0.3) is 0 Å². The third kappa shape index (κ3) is 3.89. The third-order valence-electron chi connectivity index (χ3n) is 7.94. The summed E-state index contributed by atoms with van der Waals surface area (Å²) in [6, 6.07) is 15.2. The second-order valence-corrected chi connectivity index (χ2v) is 10.1. The lowest BCUT2D eigenvalue weighted by atomic mass is 9.85. The molecule has 2 amide bonds. The highest BCUT2D eigenvalue weighted by atomic mass is 16.5. The van der Waals surface area contributed by atoms with E-state index in [1.165, 1.54) is 18.4 Å². The summed E-state index contributed by atoms with van der Waals surface area (Å²) in [5, 5.41) is 1.12. The Kier molecular flexibility index (Phi) is 6.04. The number of fused-ring (bicyclic) bond motifs is 4. The number of hydrogen-bond acceptors (Lipinski definition) is 3. The van der Waals surface area contributed by atoms with Crippen molar-refractivity contribution in [1.29, 1.82) is 0 Å². The highest BCUT2D eigenvalue weighted by Gasteiger charge is 2.48. The van der Waals surface area contributed by atoms with Crippen molar-refractivity contribution in [2.45, 2.75) is 57.5 Å². The van der Waals surface area contributed by atoms with Crippen molar-refractivity contribution < 1.29 is 14.3 Å². The highest BCUT2D eigenvalue weighted by Crippen LogP contribution is 2.45. The summed E-state index contributed by atoms with van der Waals surface area (Å²) in [6.45, 7) is 3.24. The number of allylic oxidation sites excluding steroid dienone is 1. The van der Waals surface area contributed by atoms with Gasteiger partial charge in [-0.25, -0.2) is 0 Å². The molecular weight excluding hydrogens is 450 g/mol. The Morgan fingerprint density at radius 2 is 1.89 bits per heavy atom. The number of nitrogens with zero attached hydrogens (tertiary/aromatic N) is 2. The van der Waals surface area contributed by atoms with Gasteiger partial charge in [-0.3, -0.25) is 9.59 Å². The zero-order chi connectivity index (χ0) is 24.6. The van der Waals surface area contributed by atoms with Gasteiger partial charge in [0.15, 0.2) is 0 Å². The lowest BCUT2D eigenvalue weighted by molar-refractivity contribution is -0.158. The maximum atomic E-state index is 13.9. The van der Waals surface area contributed by atoms with Crippen LogP contribution >= 0.6 is 0 Å². The van der Waals surface area contributed by atoms with Crippen molar-refractivity contribution in [3.05, 3.63) is 77.0 Å². The number of para-hydroxylation sites is 2. The second kappa shape index (κ2) is 9.49. The Labute approximate surface area is 211 Å². The van der Waals surface area contributed by atoms with E-state index >= 15 is 0 Å². The number of ether oxygens (including phenoxy) is 1. The van der Waals surface area contributed by atoms with Gasteiger partial charge in [0.2, 0.25) is 11.8 Å². The predicted octanol–water partition coefficient (Wildman–Crippen LogP) is 5.14. The Morgan fingerprint density at radius 3 is 2.72 bits per heavy atom. The molecule has 2 aromatic carbocycles. The predicted molar refractivity (Wildman–Crippen MR) is 140 cm³/mol. The molecule has 1 saturated heterocycles. The third-order valence-corrected chi connectivity index (χ3v) is 7.94. The zero-order valence-corrected chi connectivity index (χ0v) is 20.8. The van der Waals surface area contributed by atoms with Crippen LogP contribution in [0.25, 0.3) is 10.9 Å². The van der Waals surface area contributed by atoms with Gasteiger partial charge in [0.1, 0.15) is 17.8 Å². The zero-order valence-electron chi connectivity index (χ0n) is 20.8. The quantitative estimate of drug-likeness (QED) is 0.494. The molecule has 3 heterocycles. The molecule has 6 rings (SSSR count). The first-order valence-electron chi connectivity index (χ1n) is 13.2. The molecule has 6 nitrogen and oxygen atoms in total. The number of aromatic amines is 1.